The first kappa shape index (κ1) is 14.5. The lowest BCUT2D eigenvalue weighted by atomic mass is 10.3. The number of carbonyl (C=O) groups excluding carboxylic acids is 1. The maximum absolute atomic E-state index is 13.5. The number of nitrogens with zero attached hydrogens (tertiary/aromatic N) is 1. The van der Waals surface area contributed by atoms with Crippen molar-refractivity contribution in [2.45, 2.75) is 0 Å². The van der Waals surface area contributed by atoms with Crippen LogP contribution in [0.2, 0.25) is 0 Å². The number of carboxylic acids is 1. The van der Waals surface area contributed by atoms with E-state index in [1.807, 2.05) is 0 Å². The maximum Gasteiger partial charge on any atom is 0.355 e. The normalized spacial score (nSPS) is 10.3. The first-order valence-electron chi connectivity index (χ1n) is 5.03. The van der Waals surface area contributed by atoms with Crippen molar-refractivity contribution in [1.29, 1.82) is 0 Å². The quantitative estimate of drug-likeness (QED) is 0.822. The highest BCUT2D eigenvalue weighted by Crippen LogP contribution is 2.24. The largest absolute Gasteiger partial charge is 0.476 e. The van der Waals surface area contributed by atoms with Gasteiger partial charge >= 0.3 is 5.97 Å². The Bertz CT molecular complexity index is 705. The SMILES string of the molecule is O=C(O)c1csc(C(=O)Nc2cc(Br)c(F)cc2F)n1. The molecule has 0 radical (unpaired) electrons. The second-order valence-electron chi connectivity index (χ2n) is 3.54. The van der Waals surface area contributed by atoms with E-state index in [4.69, 9.17) is 5.11 Å². The summed E-state index contributed by atoms with van der Waals surface area (Å²) < 4.78 is 26.5. The van der Waals surface area contributed by atoms with Crippen molar-refractivity contribution < 1.29 is 23.5 Å². The van der Waals surface area contributed by atoms with Crippen LogP contribution in [0.15, 0.2) is 22.0 Å². The summed E-state index contributed by atoms with van der Waals surface area (Å²) in [5.41, 5.74) is -0.517. The number of anilines is 1. The van der Waals surface area contributed by atoms with Gasteiger partial charge in [0, 0.05) is 11.4 Å². The molecule has 0 unspecified atom stereocenters. The second kappa shape index (κ2) is 5.63. The molecule has 1 amide bonds. The van der Waals surface area contributed by atoms with E-state index >= 15 is 0 Å². The maximum atomic E-state index is 13.5. The fourth-order valence-electron chi connectivity index (χ4n) is 1.27. The monoisotopic (exact) mass is 362 g/mol. The van der Waals surface area contributed by atoms with Crippen LogP contribution in [0.1, 0.15) is 20.3 Å². The van der Waals surface area contributed by atoms with Crippen molar-refractivity contribution in [2.75, 3.05) is 5.32 Å². The number of carboxylic acid groups (broad SMARTS) is 1. The van der Waals surface area contributed by atoms with Crippen LogP contribution in [-0.4, -0.2) is 22.0 Å². The molecule has 0 atom stereocenters. The number of hydrogen-bond acceptors (Lipinski definition) is 4. The van der Waals surface area contributed by atoms with Crippen molar-refractivity contribution in [3.8, 4) is 0 Å². The van der Waals surface area contributed by atoms with Crippen molar-refractivity contribution in [3.63, 3.8) is 0 Å². The van der Waals surface area contributed by atoms with Crippen LogP contribution in [0.4, 0.5) is 14.5 Å². The Labute approximate surface area is 123 Å². The van der Waals surface area contributed by atoms with Crippen LogP contribution >= 0.6 is 27.3 Å². The number of hydrogen-bond donors (Lipinski definition) is 2. The number of thiazole rings is 1. The molecule has 2 rings (SSSR count). The van der Waals surface area contributed by atoms with Crippen LogP contribution in [0.3, 0.4) is 0 Å². The van der Waals surface area contributed by atoms with Gasteiger partial charge in [-0.1, -0.05) is 0 Å². The summed E-state index contributed by atoms with van der Waals surface area (Å²) in [6.07, 6.45) is 0. The number of benzene rings is 1. The summed E-state index contributed by atoms with van der Waals surface area (Å²) in [4.78, 5) is 26.0. The second-order valence-corrected chi connectivity index (χ2v) is 5.26. The van der Waals surface area contributed by atoms with E-state index in [2.05, 4.69) is 26.2 Å². The molecular weight excluding hydrogens is 358 g/mol. The lowest BCUT2D eigenvalue weighted by Crippen LogP contribution is -2.13. The summed E-state index contributed by atoms with van der Waals surface area (Å²) in [5.74, 6) is -3.80. The number of aromatic nitrogens is 1. The minimum Gasteiger partial charge on any atom is -0.476 e. The third-order valence-electron chi connectivity index (χ3n) is 2.18. The highest BCUT2D eigenvalue weighted by molar-refractivity contribution is 9.10. The van der Waals surface area contributed by atoms with Crippen LogP contribution in [0.5, 0.6) is 0 Å². The number of aromatic carboxylic acids is 1. The molecule has 5 nitrogen and oxygen atoms in total. The number of rotatable bonds is 3. The Morgan fingerprint density at radius 3 is 2.60 bits per heavy atom. The van der Waals surface area contributed by atoms with Gasteiger partial charge in [-0.25, -0.2) is 18.6 Å². The van der Waals surface area contributed by atoms with Gasteiger partial charge in [-0.2, -0.15) is 0 Å². The summed E-state index contributed by atoms with van der Waals surface area (Å²) in [7, 11) is 0. The van der Waals surface area contributed by atoms with Gasteiger partial charge < -0.3 is 10.4 Å². The molecule has 1 heterocycles. The third kappa shape index (κ3) is 2.99. The Morgan fingerprint density at radius 1 is 1.30 bits per heavy atom. The molecule has 0 spiro atoms. The van der Waals surface area contributed by atoms with Crippen molar-refractivity contribution in [3.05, 3.63) is 44.3 Å². The van der Waals surface area contributed by atoms with Gasteiger partial charge in [0.15, 0.2) is 10.7 Å². The zero-order valence-electron chi connectivity index (χ0n) is 9.49. The zero-order valence-corrected chi connectivity index (χ0v) is 11.9. The Balaban J connectivity index is 2.23. The van der Waals surface area contributed by atoms with Gasteiger partial charge in [0.2, 0.25) is 0 Å². The fourth-order valence-corrected chi connectivity index (χ4v) is 2.30. The van der Waals surface area contributed by atoms with Crippen LogP contribution in [0.25, 0.3) is 0 Å². The topological polar surface area (TPSA) is 79.3 Å². The summed E-state index contributed by atoms with van der Waals surface area (Å²) >= 11 is 3.67. The van der Waals surface area contributed by atoms with Gasteiger partial charge in [-0.15, -0.1) is 11.3 Å². The minimum atomic E-state index is -1.27. The molecule has 20 heavy (non-hydrogen) atoms. The average Bonchev–Trinajstić information content (AvgIpc) is 2.85. The van der Waals surface area contributed by atoms with Gasteiger partial charge in [0.25, 0.3) is 5.91 Å². The molecule has 0 aliphatic heterocycles. The first-order valence-corrected chi connectivity index (χ1v) is 6.70. The van der Waals surface area contributed by atoms with Gasteiger partial charge in [-0.05, 0) is 22.0 Å². The van der Waals surface area contributed by atoms with E-state index < -0.39 is 23.5 Å². The smallest absolute Gasteiger partial charge is 0.355 e. The van der Waals surface area contributed by atoms with E-state index in [0.717, 1.165) is 17.4 Å². The van der Waals surface area contributed by atoms with Crippen molar-refractivity contribution >= 4 is 44.8 Å². The highest BCUT2D eigenvalue weighted by atomic mass is 79.9. The van der Waals surface area contributed by atoms with E-state index in [0.29, 0.717) is 6.07 Å². The first-order chi connectivity index (χ1) is 9.38. The molecule has 104 valence electrons. The Hall–Kier alpha value is -1.87. The average molecular weight is 363 g/mol. The lowest BCUT2D eigenvalue weighted by Gasteiger charge is -2.05. The number of carbonyl (C=O) groups is 2. The van der Waals surface area contributed by atoms with E-state index in [9.17, 15) is 18.4 Å². The molecule has 0 aliphatic rings. The Kier molecular flexibility index (Phi) is 4.09. The van der Waals surface area contributed by atoms with E-state index in [-0.39, 0.29) is 20.9 Å². The zero-order chi connectivity index (χ0) is 14.9. The Morgan fingerprint density at radius 2 is 2.00 bits per heavy atom. The molecule has 0 fully saturated rings. The molecule has 0 bridgehead atoms. The van der Waals surface area contributed by atoms with Crippen LogP contribution < -0.4 is 5.32 Å². The number of nitrogens with one attached hydrogen (secondary N) is 1. The molecule has 1 aromatic carbocycles. The molecule has 0 aliphatic carbocycles. The molecular formula is C11H5BrF2N2O3S. The van der Waals surface area contributed by atoms with Crippen LogP contribution in [0, 0.1) is 11.6 Å². The molecule has 2 aromatic rings. The fraction of sp³-hybridized carbons (Fsp3) is 0. The summed E-state index contributed by atoms with van der Waals surface area (Å²) in [5, 5.41) is 11.9. The van der Waals surface area contributed by atoms with Crippen molar-refractivity contribution in [1.82, 2.24) is 4.98 Å². The lowest BCUT2D eigenvalue weighted by molar-refractivity contribution is 0.0691. The minimum absolute atomic E-state index is 0.0143. The van der Waals surface area contributed by atoms with Gasteiger partial charge in [0.1, 0.15) is 11.6 Å². The van der Waals surface area contributed by atoms with Gasteiger partial charge in [-0.3, -0.25) is 4.79 Å². The molecule has 1 aromatic heterocycles. The van der Waals surface area contributed by atoms with E-state index in [1.165, 1.54) is 5.38 Å². The van der Waals surface area contributed by atoms with Gasteiger partial charge in [0.05, 0.1) is 10.2 Å². The third-order valence-corrected chi connectivity index (χ3v) is 3.62. The summed E-state index contributed by atoms with van der Waals surface area (Å²) in [6, 6.07) is 1.68. The number of halogens is 3. The van der Waals surface area contributed by atoms with E-state index in [1.54, 1.807) is 0 Å². The standard InChI is InChI=1S/C11H5BrF2N2O3S/c12-4-1-7(6(14)2-5(4)13)15-9(17)10-16-8(3-20-10)11(18)19/h1-3H,(H,15,17)(H,18,19). The highest BCUT2D eigenvalue weighted by Gasteiger charge is 2.17. The predicted molar refractivity (Wildman–Crippen MR) is 71.1 cm³/mol. The van der Waals surface area contributed by atoms with Crippen molar-refractivity contribution in [2.24, 2.45) is 0 Å². The molecule has 9 heteroatoms. The molecule has 2 N–H and O–H groups in total. The summed E-state index contributed by atoms with van der Waals surface area (Å²) in [6.45, 7) is 0. The van der Waals surface area contributed by atoms with Crippen LogP contribution in [-0.2, 0) is 0 Å². The predicted octanol–water partition coefficient (Wildman–Crippen LogP) is 3.13. The molecule has 0 saturated heterocycles. The number of amides is 1. The molecule has 0 saturated carbocycles.